The van der Waals surface area contributed by atoms with Crippen molar-refractivity contribution in [2.24, 2.45) is 0 Å². The van der Waals surface area contributed by atoms with Gasteiger partial charge >= 0.3 is 5.97 Å². The molecule has 0 saturated carbocycles. The van der Waals surface area contributed by atoms with Crippen LogP contribution in [-0.4, -0.2) is 46.3 Å². The number of hydrogen-bond acceptors (Lipinski definition) is 5. The zero-order valence-corrected chi connectivity index (χ0v) is 7.75. The predicted molar refractivity (Wildman–Crippen MR) is 45.2 cm³/mol. The minimum atomic E-state index is -1.07. The highest BCUT2D eigenvalue weighted by Gasteiger charge is 2.40. The van der Waals surface area contributed by atoms with Crippen LogP contribution in [0.4, 0.5) is 0 Å². The van der Waals surface area contributed by atoms with E-state index in [1.807, 2.05) is 6.92 Å². The molecule has 1 fully saturated rings. The molecule has 80 valence electrons. The lowest BCUT2D eigenvalue weighted by molar-refractivity contribution is -0.768. The Morgan fingerprint density at radius 1 is 1.79 bits per heavy atom. The predicted octanol–water partition coefficient (Wildman–Crippen LogP) is -0.258. The Hall–Kier alpha value is -1.37. The van der Waals surface area contributed by atoms with Gasteiger partial charge in [0.05, 0.1) is 0 Å². The molecule has 1 unspecified atom stereocenters. The van der Waals surface area contributed by atoms with Gasteiger partial charge in [0.2, 0.25) is 0 Å². The first kappa shape index (κ1) is 10.7. The van der Waals surface area contributed by atoms with E-state index in [4.69, 9.17) is 5.11 Å². The summed E-state index contributed by atoms with van der Waals surface area (Å²) in [5.41, 5.74) is 0. The van der Waals surface area contributed by atoms with Crippen LogP contribution in [-0.2, 0) is 9.63 Å². The molecule has 0 aromatic rings. The summed E-state index contributed by atoms with van der Waals surface area (Å²) < 4.78 is 0. The van der Waals surface area contributed by atoms with E-state index in [0.29, 0.717) is 19.5 Å². The van der Waals surface area contributed by atoms with E-state index < -0.39 is 23.2 Å². The van der Waals surface area contributed by atoms with Crippen LogP contribution >= 0.6 is 0 Å². The van der Waals surface area contributed by atoms with Crippen molar-refractivity contribution in [2.75, 3.05) is 13.1 Å². The van der Waals surface area contributed by atoms with Gasteiger partial charge < -0.3 is 9.94 Å². The second-order valence-electron chi connectivity index (χ2n) is 3.07. The van der Waals surface area contributed by atoms with Crippen LogP contribution in [0.1, 0.15) is 13.3 Å². The number of hydrogen-bond donors (Lipinski definition) is 1. The Morgan fingerprint density at radius 2 is 2.43 bits per heavy atom. The third-order valence-electron chi connectivity index (χ3n) is 2.33. The summed E-state index contributed by atoms with van der Waals surface area (Å²) in [4.78, 5) is 26.9. The van der Waals surface area contributed by atoms with Gasteiger partial charge in [-0.25, -0.2) is 0 Å². The summed E-state index contributed by atoms with van der Waals surface area (Å²) in [5.74, 6) is -1.07. The molecule has 0 amide bonds. The fourth-order valence-corrected chi connectivity index (χ4v) is 1.72. The average molecular weight is 204 g/mol. The summed E-state index contributed by atoms with van der Waals surface area (Å²) >= 11 is 0. The van der Waals surface area contributed by atoms with Gasteiger partial charge in [-0.1, -0.05) is 6.92 Å². The first-order valence-electron chi connectivity index (χ1n) is 4.34. The van der Waals surface area contributed by atoms with E-state index >= 15 is 0 Å². The summed E-state index contributed by atoms with van der Waals surface area (Å²) in [7, 11) is 0. The van der Waals surface area contributed by atoms with Crippen LogP contribution in [0.25, 0.3) is 0 Å². The van der Waals surface area contributed by atoms with Crippen molar-refractivity contribution in [1.82, 2.24) is 4.90 Å². The molecule has 1 aliphatic rings. The first-order valence-corrected chi connectivity index (χ1v) is 4.34. The highest BCUT2D eigenvalue weighted by atomic mass is 17.0. The molecule has 0 radical (unpaired) electrons. The van der Waals surface area contributed by atoms with Crippen LogP contribution in [0.3, 0.4) is 0 Å². The molecule has 0 aliphatic carbocycles. The minimum absolute atomic E-state index is 0.381. The van der Waals surface area contributed by atoms with Crippen molar-refractivity contribution in [1.29, 1.82) is 0 Å². The van der Waals surface area contributed by atoms with E-state index in [1.165, 1.54) is 0 Å². The van der Waals surface area contributed by atoms with E-state index in [1.54, 1.807) is 4.90 Å². The monoisotopic (exact) mass is 204 g/mol. The second-order valence-corrected chi connectivity index (χ2v) is 3.07. The molecule has 0 aromatic carbocycles. The fraction of sp³-hybridized carbons (Fsp3) is 0.857. The third kappa shape index (κ3) is 2.11. The SMILES string of the molecule is CCN1CCC(O[N+](=O)[O-])[C@H]1C(=O)O. The number of carbonyl (C=O) groups is 1. The van der Waals surface area contributed by atoms with Crippen molar-refractivity contribution < 1.29 is 19.8 Å². The Labute approximate surface area is 80.4 Å². The van der Waals surface area contributed by atoms with Crippen LogP contribution < -0.4 is 0 Å². The van der Waals surface area contributed by atoms with Crippen LogP contribution in [0.5, 0.6) is 0 Å². The number of likely N-dealkylation sites (tertiary alicyclic amines) is 1. The Balaban J connectivity index is 2.67. The molecule has 7 nitrogen and oxygen atoms in total. The summed E-state index contributed by atoms with van der Waals surface area (Å²) in [6, 6.07) is -0.898. The van der Waals surface area contributed by atoms with E-state index in [2.05, 4.69) is 4.84 Å². The quantitative estimate of drug-likeness (QED) is 0.501. The molecule has 1 aliphatic heterocycles. The topological polar surface area (TPSA) is 92.9 Å². The molecule has 1 heterocycles. The third-order valence-corrected chi connectivity index (χ3v) is 2.33. The highest BCUT2D eigenvalue weighted by Crippen LogP contribution is 2.20. The number of nitrogens with zero attached hydrogens (tertiary/aromatic N) is 2. The summed E-state index contributed by atoms with van der Waals surface area (Å²) in [6.45, 7) is 2.88. The largest absolute Gasteiger partial charge is 0.480 e. The highest BCUT2D eigenvalue weighted by molar-refractivity contribution is 5.74. The van der Waals surface area contributed by atoms with Gasteiger partial charge in [-0.2, -0.15) is 0 Å². The maximum absolute atomic E-state index is 10.8. The maximum atomic E-state index is 10.8. The van der Waals surface area contributed by atoms with E-state index in [9.17, 15) is 14.9 Å². The lowest BCUT2D eigenvalue weighted by atomic mass is 10.2. The van der Waals surface area contributed by atoms with Crippen LogP contribution in [0.15, 0.2) is 0 Å². The normalized spacial score (nSPS) is 27.5. The number of aliphatic carboxylic acids is 1. The fourth-order valence-electron chi connectivity index (χ4n) is 1.72. The van der Waals surface area contributed by atoms with Crippen molar-refractivity contribution in [3.8, 4) is 0 Å². The number of carboxylic acids is 1. The number of likely N-dealkylation sites (N-methyl/N-ethyl adjacent to an activating group) is 1. The lowest BCUT2D eigenvalue weighted by Gasteiger charge is -2.21. The van der Waals surface area contributed by atoms with Crippen LogP contribution in [0, 0.1) is 10.1 Å². The number of carboxylic acid groups (broad SMARTS) is 1. The van der Waals surface area contributed by atoms with E-state index in [-0.39, 0.29) is 0 Å². The van der Waals surface area contributed by atoms with Crippen molar-refractivity contribution in [3.05, 3.63) is 10.1 Å². The first-order chi connectivity index (χ1) is 6.56. The van der Waals surface area contributed by atoms with Crippen molar-refractivity contribution in [2.45, 2.75) is 25.5 Å². The smallest absolute Gasteiger partial charge is 0.323 e. The molecule has 0 bridgehead atoms. The lowest BCUT2D eigenvalue weighted by Crippen LogP contribution is -2.43. The Morgan fingerprint density at radius 3 is 2.86 bits per heavy atom. The Bertz CT molecular complexity index is 244. The van der Waals surface area contributed by atoms with Crippen LogP contribution in [0.2, 0.25) is 0 Å². The molecule has 0 spiro atoms. The minimum Gasteiger partial charge on any atom is -0.480 e. The molecule has 7 heteroatoms. The van der Waals surface area contributed by atoms with Gasteiger partial charge in [0.1, 0.15) is 12.1 Å². The van der Waals surface area contributed by atoms with Gasteiger partial charge in [-0.15, -0.1) is 10.1 Å². The standard InChI is InChI=1S/C7H12N2O5/c1-2-8-4-3-5(14-9(12)13)6(8)7(10)11/h5-6H,2-4H2,1H3,(H,10,11)/t5?,6-/m0/s1. The zero-order valence-electron chi connectivity index (χ0n) is 7.75. The van der Waals surface area contributed by atoms with Gasteiger partial charge in [0.15, 0.2) is 0 Å². The molecule has 2 atom stereocenters. The molecular formula is C7H12N2O5. The average Bonchev–Trinajstić information content (AvgIpc) is 2.46. The summed E-state index contributed by atoms with van der Waals surface area (Å²) in [5, 5.41) is 18.0. The molecule has 0 aromatic heterocycles. The maximum Gasteiger partial charge on any atom is 0.323 e. The molecule has 1 N–H and O–H groups in total. The summed E-state index contributed by atoms with van der Waals surface area (Å²) in [6.07, 6.45) is -0.464. The van der Waals surface area contributed by atoms with Crippen molar-refractivity contribution >= 4 is 5.97 Å². The molecule has 1 saturated heterocycles. The van der Waals surface area contributed by atoms with Gasteiger partial charge in [-0.3, -0.25) is 9.69 Å². The van der Waals surface area contributed by atoms with Gasteiger partial charge in [-0.05, 0) is 13.0 Å². The van der Waals surface area contributed by atoms with Gasteiger partial charge in [0.25, 0.3) is 5.09 Å². The second kappa shape index (κ2) is 4.23. The number of rotatable bonds is 4. The zero-order chi connectivity index (χ0) is 10.7. The molecule has 14 heavy (non-hydrogen) atoms. The molecule has 1 rings (SSSR count). The molecular weight excluding hydrogens is 192 g/mol. The van der Waals surface area contributed by atoms with E-state index in [0.717, 1.165) is 0 Å². The van der Waals surface area contributed by atoms with Gasteiger partial charge in [0, 0.05) is 6.54 Å². The van der Waals surface area contributed by atoms with Crippen molar-refractivity contribution in [3.63, 3.8) is 0 Å². The Kier molecular flexibility index (Phi) is 3.23.